The van der Waals surface area contributed by atoms with Crippen molar-refractivity contribution in [3.05, 3.63) is 83.6 Å². The molecule has 0 radical (unpaired) electrons. The molecule has 0 fully saturated rings. The van der Waals surface area contributed by atoms with E-state index in [4.69, 9.17) is 4.74 Å². The van der Waals surface area contributed by atoms with E-state index >= 15 is 0 Å². The molecule has 3 rings (SSSR count). The van der Waals surface area contributed by atoms with Gasteiger partial charge in [0.2, 0.25) is 0 Å². The van der Waals surface area contributed by atoms with Gasteiger partial charge in [0.1, 0.15) is 17.1 Å². The smallest absolute Gasteiger partial charge is 0.339 e. The fourth-order valence-electron chi connectivity index (χ4n) is 2.87. The average molecular weight is 391 g/mol. The van der Waals surface area contributed by atoms with Crippen molar-refractivity contribution in [1.82, 2.24) is 4.98 Å². The summed E-state index contributed by atoms with van der Waals surface area (Å²) in [5.41, 5.74) is 1.77. The standard InChI is InChI=1S/C22H21N3O4/c1-25(14-15-6-4-3-5-7-15)20-19(22(27)28)12-17(13-23-20)24-21(26)16-8-10-18(29-2)11-9-16/h3-13H,14H2,1-2H3,(H,24,26)(H,27,28). The van der Waals surface area contributed by atoms with Crippen LogP contribution in [0.4, 0.5) is 11.5 Å². The molecule has 7 heteroatoms. The van der Waals surface area contributed by atoms with E-state index in [1.54, 1.807) is 43.3 Å². The first-order chi connectivity index (χ1) is 14.0. The van der Waals surface area contributed by atoms with Crippen molar-refractivity contribution in [3.63, 3.8) is 0 Å². The highest BCUT2D eigenvalue weighted by molar-refractivity contribution is 6.05. The van der Waals surface area contributed by atoms with Gasteiger partial charge < -0.3 is 20.1 Å². The van der Waals surface area contributed by atoms with Crippen LogP contribution in [0.2, 0.25) is 0 Å². The second-order valence-corrected chi connectivity index (χ2v) is 6.42. The summed E-state index contributed by atoms with van der Waals surface area (Å²) in [4.78, 5) is 30.2. The number of carbonyl (C=O) groups excluding carboxylic acids is 1. The number of aromatic carboxylic acids is 1. The lowest BCUT2D eigenvalue weighted by atomic mass is 10.1. The van der Waals surface area contributed by atoms with Crippen molar-refractivity contribution in [2.45, 2.75) is 6.54 Å². The van der Waals surface area contributed by atoms with Crippen LogP contribution < -0.4 is 15.0 Å². The maximum Gasteiger partial charge on any atom is 0.339 e. The average Bonchev–Trinajstić information content (AvgIpc) is 2.74. The van der Waals surface area contributed by atoms with Crippen molar-refractivity contribution in [3.8, 4) is 5.75 Å². The van der Waals surface area contributed by atoms with E-state index in [9.17, 15) is 14.7 Å². The Labute approximate surface area is 168 Å². The van der Waals surface area contributed by atoms with Gasteiger partial charge in [-0.1, -0.05) is 30.3 Å². The van der Waals surface area contributed by atoms with Gasteiger partial charge in [0.15, 0.2) is 0 Å². The van der Waals surface area contributed by atoms with E-state index in [2.05, 4.69) is 10.3 Å². The zero-order chi connectivity index (χ0) is 20.8. The minimum atomic E-state index is -1.12. The number of rotatable bonds is 7. The lowest BCUT2D eigenvalue weighted by molar-refractivity contribution is 0.0696. The third-order valence-corrected chi connectivity index (χ3v) is 4.33. The number of ether oxygens (including phenoxy) is 1. The highest BCUT2D eigenvalue weighted by Gasteiger charge is 2.17. The number of pyridine rings is 1. The van der Waals surface area contributed by atoms with Crippen molar-refractivity contribution in [1.29, 1.82) is 0 Å². The van der Waals surface area contributed by atoms with Crippen LogP contribution in [0.1, 0.15) is 26.3 Å². The van der Waals surface area contributed by atoms with E-state index in [1.165, 1.54) is 12.3 Å². The molecule has 0 saturated carbocycles. The van der Waals surface area contributed by atoms with Crippen LogP contribution in [0.25, 0.3) is 0 Å². The molecule has 0 spiro atoms. The number of carbonyl (C=O) groups is 2. The van der Waals surface area contributed by atoms with Crippen LogP contribution in [-0.2, 0) is 6.54 Å². The first-order valence-corrected chi connectivity index (χ1v) is 8.91. The van der Waals surface area contributed by atoms with E-state index in [-0.39, 0.29) is 11.5 Å². The van der Waals surface area contributed by atoms with Crippen LogP contribution >= 0.6 is 0 Å². The number of aromatic nitrogens is 1. The van der Waals surface area contributed by atoms with Gasteiger partial charge in [0, 0.05) is 19.2 Å². The Bertz CT molecular complexity index is 1000. The Kier molecular flexibility index (Phi) is 6.09. The summed E-state index contributed by atoms with van der Waals surface area (Å²) >= 11 is 0. The molecule has 0 atom stereocenters. The van der Waals surface area contributed by atoms with Crippen LogP contribution in [0.15, 0.2) is 66.9 Å². The van der Waals surface area contributed by atoms with Gasteiger partial charge in [-0.2, -0.15) is 0 Å². The van der Waals surface area contributed by atoms with Crippen molar-refractivity contribution in [2.24, 2.45) is 0 Å². The topological polar surface area (TPSA) is 91.8 Å². The molecule has 1 heterocycles. The molecule has 2 aromatic carbocycles. The maximum absolute atomic E-state index is 12.4. The molecule has 0 aliphatic carbocycles. The van der Waals surface area contributed by atoms with Gasteiger partial charge in [-0.25, -0.2) is 9.78 Å². The summed E-state index contributed by atoms with van der Waals surface area (Å²) < 4.78 is 5.08. The highest BCUT2D eigenvalue weighted by Crippen LogP contribution is 2.23. The van der Waals surface area contributed by atoms with E-state index < -0.39 is 5.97 Å². The van der Waals surface area contributed by atoms with Crippen molar-refractivity contribution >= 4 is 23.4 Å². The summed E-state index contributed by atoms with van der Waals surface area (Å²) in [6.45, 7) is 0.506. The molecular formula is C22H21N3O4. The maximum atomic E-state index is 12.4. The second kappa shape index (κ2) is 8.88. The molecule has 0 aliphatic rings. The molecule has 0 aliphatic heterocycles. The fraction of sp³-hybridized carbons (Fsp3) is 0.136. The molecular weight excluding hydrogens is 370 g/mol. The summed E-state index contributed by atoms with van der Waals surface area (Å²) in [7, 11) is 3.32. The predicted octanol–water partition coefficient (Wildman–Crippen LogP) is 3.68. The molecule has 148 valence electrons. The van der Waals surface area contributed by atoms with Gasteiger partial charge in [0.05, 0.1) is 19.0 Å². The Morgan fingerprint density at radius 3 is 2.41 bits per heavy atom. The number of carboxylic acid groups (broad SMARTS) is 1. The van der Waals surface area contributed by atoms with E-state index in [0.29, 0.717) is 29.4 Å². The second-order valence-electron chi connectivity index (χ2n) is 6.42. The first kappa shape index (κ1) is 19.9. The Morgan fingerprint density at radius 1 is 1.10 bits per heavy atom. The minimum Gasteiger partial charge on any atom is -0.497 e. The summed E-state index contributed by atoms with van der Waals surface area (Å²) in [5, 5.41) is 12.3. The largest absolute Gasteiger partial charge is 0.497 e. The molecule has 2 N–H and O–H groups in total. The lowest BCUT2D eigenvalue weighted by Gasteiger charge is -2.20. The number of hydrogen-bond donors (Lipinski definition) is 2. The minimum absolute atomic E-state index is 0.0102. The van der Waals surface area contributed by atoms with Crippen LogP contribution in [-0.4, -0.2) is 36.1 Å². The fourth-order valence-corrected chi connectivity index (χ4v) is 2.87. The number of nitrogens with zero attached hydrogens (tertiary/aromatic N) is 2. The lowest BCUT2D eigenvalue weighted by Crippen LogP contribution is -2.21. The quantitative estimate of drug-likeness (QED) is 0.638. The Balaban J connectivity index is 1.79. The van der Waals surface area contributed by atoms with Gasteiger partial charge in [-0.15, -0.1) is 0 Å². The first-order valence-electron chi connectivity index (χ1n) is 8.91. The molecule has 7 nitrogen and oxygen atoms in total. The summed E-state index contributed by atoms with van der Waals surface area (Å²) in [6.07, 6.45) is 1.45. The third kappa shape index (κ3) is 4.90. The van der Waals surface area contributed by atoms with Crippen molar-refractivity contribution in [2.75, 3.05) is 24.4 Å². The number of carboxylic acids is 1. The molecule has 0 saturated heterocycles. The van der Waals surface area contributed by atoms with Gasteiger partial charge in [-0.05, 0) is 35.9 Å². The number of hydrogen-bond acceptors (Lipinski definition) is 5. The van der Waals surface area contributed by atoms with Crippen molar-refractivity contribution < 1.29 is 19.4 Å². The number of nitrogens with one attached hydrogen (secondary N) is 1. The summed E-state index contributed by atoms with van der Waals surface area (Å²) in [6, 6.07) is 17.7. The molecule has 3 aromatic rings. The normalized spacial score (nSPS) is 10.3. The monoisotopic (exact) mass is 391 g/mol. The molecule has 1 aromatic heterocycles. The SMILES string of the molecule is COc1ccc(C(=O)Nc2cnc(N(C)Cc3ccccc3)c(C(=O)O)c2)cc1. The number of methoxy groups -OCH3 is 1. The van der Waals surface area contributed by atoms with Gasteiger partial charge >= 0.3 is 5.97 Å². The van der Waals surface area contributed by atoms with E-state index in [0.717, 1.165) is 5.56 Å². The molecule has 1 amide bonds. The highest BCUT2D eigenvalue weighted by atomic mass is 16.5. The van der Waals surface area contributed by atoms with Gasteiger partial charge in [-0.3, -0.25) is 4.79 Å². The zero-order valence-corrected chi connectivity index (χ0v) is 16.1. The molecule has 0 unspecified atom stereocenters. The van der Waals surface area contributed by atoms with Crippen LogP contribution in [0.5, 0.6) is 5.75 Å². The summed E-state index contributed by atoms with van der Waals surface area (Å²) in [5.74, 6) is -0.518. The molecule has 29 heavy (non-hydrogen) atoms. The third-order valence-electron chi connectivity index (χ3n) is 4.33. The molecule has 0 bridgehead atoms. The van der Waals surface area contributed by atoms with Crippen LogP contribution in [0, 0.1) is 0 Å². The Morgan fingerprint density at radius 2 is 1.79 bits per heavy atom. The van der Waals surface area contributed by atoms with Gasteiger partial charge in [0.25, 0.3) is 5.91 Å². The number of benzene rings is 2. The van der Waals surface area contributed by atoms with E-state index in [1.807, 2.05) is 30.3 Å². The zero-order valence-electron chi connectivity index (χ0n) is 16.1. The Hall–Kier alpha value is -3.87. The predicted molar refractivity (Wildman–Crippen MR) is 111 cm³/mol. The number of anilines is 2. The number of amides is 1. The van der Waals surface area contributed by atoms with Crippen LogP contribution in [0.3, 0.4) is 0 Å².